The monoisotopic (exact) mass is 337 g/mol. The Bertz CT molecular complexity index is 689. The van der Waals surface area contributed by atoms with Crippen LogP contribution in [0.25, 0.3) is 0 Å². The molecule has 0 aliphatic carbocycles. The largest absolute Gasteiger partial charge is 0.452 e. The van der Waals surface area contributed by atoms with E-state index in [2.05, 4.69) is 0 Å². The minimum atomic E-state index is -0.631. The second-order valence-electron chi connectivity index (χ2n) is 4.49. The van der Waals surface area contributed by atoms with Crippen LogP contribution in [0, 0.1) is 0 Å². The zero-order chi connectivity index (χ0) is 16.1. The van der Waals surface area contributed by atoms with Crippen LogP contribution in [-0.4, -0.2) is 25.5 Å². The lowest BCUT2D eigenvalue weighted by Gasteiger charge is -2.17. The van der Waals surface area contributed by atoms with Crippen LogP contribution >= 0.6 is 23.2 Å². The van der Waals surface area contributed by atoms with Gasteiger partial charge in [-0.15, -0.1) is 0 Å². The van der Waals surface area contributed by atoms with Gasteiger partial charge in [-0.3, -0.25) is 4.79 Å². The number of ether oxygens (including phenoxy) is 1. The van der Waals surface area contributed by atoms with E-state index in [-0.39, 0.29) is 23.1 Å². The van der Waals surface area contributed by atoms with Crippen molar-refractivity contribution in [2.45, 2.75) is 0 Å². The summed E-state index contributed by atoms with van der Waals surface area (Å²) in [7, 11) is 1.62. The molecule has 0 spiro atoms. The Labute approximate surface area is 138 Å². The molecular weight excluding hydrogens is 325 g/mol. The van der Waals surface area contributed by atoms with Crippen molar-refractivity contribution in [1.82, 2.24) is 0 Å². The van der Waals surface area contributed by atoms with Gasteiger partial charge in [0.15, 0.2) is 6.61 Å². The van der Waals surface area contributed by atoms with Crippen molar-refractivity contribution in [3.05, 3.63) is 64.1 Å². The van der Waals surface area contributed by atoms with Gasteiger partial charge in [0.05, 0.1) is 15.6 Å². The molecule has 0 saturated carbocycles. The van der Waals surface area contributed by atoms with Crippen LogP contribution in [0.2, 0.25) is 10.0 Å². The van der Waals surface area contributed by atoms with Gasteiger partial charge in [0.1, 0.15) is 0 Å². The number of hydrogen-bond acceptors (Lipinski definition) is 3. The summed E-state index contributed by atoms with van der Waals surface area (Å²) in [5.41, 5.74) is 0.961. The Balaban J connectivity index is 1.96. The first-order chi connectivity index (χ1) is 10.5. The number of halogens is 2. The predicted molar refractivity (Wildman–Crippen MR) is 86.6 cm³/mol. The third kappa shape index (κ3) is 4.00. The van der Waals surface area contributed by atoms with Crippen molar-refractivity contribution in [3.63, 3.8) is 0 Å². The fraction of sp³-hybridized carbons (Fsp3) is 0.125. The molecule has 0 aliphatic rings. The van der Waals surface area contributed by atoms with E-state index in [0.29, 0.717) is 5.02 Å². The molecule has 2 aromatic rings. The molecule has 0 N–H and O–H groups in total. The first-order valence-electron chi connectivity index (χ1n) is 6.43. The average molecular weight is 338 g/mol. The fourth-order valence-corrected chi connectivity index (χ4v) is 2.02. The molecule has 0 radical (unpaired) electrons. The second-order valence-corrected chi connectivity index (χ2v) is 5.31. The molecule has 2 rings (SSSR count). The SMILES string of the molecule is CN(C(=O)COC(=O)c1ccc(Cl)c(Cl)c1)c1ccccc1. The van der Waals surface area contributed by atoms with E-state index in [1.165, 1.54) is 23.1 Å². The van der Waals surface area contributed by atoms with Gasteiger partial charge >= 0.3 is 5.97 Å². The molecule has 0 bridgehead atoms. The number of benzene rings is 2. The van der Waals surface area contributed by atoms with E-state index in [4.69, 9.17) is 27.9 Å². The van der Waals surface area contributed by atoms with E-state index in [1.54, 1.807) is 19.2 Å². The minimum absolute atomic E-state index is 0.240. The maximum Gasteiger partial charge on any atom is 0.338 e. The standard InChI is InChI=1S/C16H13Cl2NO3/c1-19(12-5-3-2-4-6-12)15(20)10-22-16(21)11-7-8-13(17)14(18)9-11/h2-9H,10H2,1H3. The highest BCUT2D eigenvalue weighted by Gasteiger charge is 2.15. The molecule has 0 atom stereocenters. The summed E-state index contributed by atoms with van der Waals surface area (Å²) in [5.74, 6) is -0.965. The lowest BCUT2D eigenvalue weighted by molar-refractivity contribution is -0.121. The third-order valence-corrected chi connectivity index (χ3v) is 3.74. The highest BCUT2D eigenvalue weighted by Crippen LogP contribution is 2.23. The van der Waals surface area contributed by atoms with Crippen LogP contribution in [0.1, 0.15) is 10.4 Å². The topological polar surface area (TPSA) is 46.6 Å². The van der Waals surface area contributed by atoms with E-state index in [0.717, 1.165) is 5.69 Å². The van der Waals surface area contributed by atoms with E-state index >= 15 is 0 Å². The van der Waals surface area contributed by atoms with Gasteiger partial charge in [-0.2, -0.15) is 0 Å². The highest BCUT2D eigenvalue weighted by molar-refractivity contribution is 6.42. The third-order valence-electron chi connectivity index (χ3n) is 3.00. The van der Waals surface area contributed by atoms with E-state index < -0.39 is 5.97 Å². The number of para-hydroxylation sites is 1. The Hall–Kier alpha value is -2.04. The number of amides is 1. The molecule has 0 unspecified atom stereocenters. The fourth-order valence-electron chi connectivity index (χ4n) is 1.73. The highest BCUT2D eigenvalue weighted by atomic mass is 35.5. The molecule has 0 heterocycles. The van der Waals surface area contributed by atoms with Crippen molar-refractivity contribution in [2.24, 2.45) is 0 Å². The molecule has 22 heavy (non-hydrogen) atoms. The summed E-state index contributed by atoms with van der Waals surface area (Å²) in [6.07, 6.45) is 0. The van der Waals surface area contributed by atoms with Crippen LogP contribution in [0.15, 0.2) is 48.5 Å². The van der Waals surface area contributed by atoms with Crippen LogP contribution in [0.5, 0.6) is 0 Å². The molecule has 4 nitrogen and oxygen atoms in total. The zero-order valence-electron chi connectivity index (χ0n) is 11.8. The number of carbonyl (C=O) groups excluding carboxylic acids is 2. The van der Waals surface area contributed by atoms with Crippen LogP contribution < -0.4 is 4.90 Å². The Morgan fingerprint density at radius 1 is 1.05 bits per heavy atom. The first kappa shape index (κ1) is 16.3. The smallest absolute Gasteiger partial charge is 0.338 e. The molecule has 6 heteroatoms. The second kappa shape index (κ2) is 7.29. The number of likely N-dealkylation sites (N-methyl/N-ethyl adjacent to an activating group) is 1. The lowest BCUT2D eigenvalue weighted by atomic mass is 10.2. The Morgan fingerprint density at radius 2 is 1.73 bits per heavy atom. The number of esters is 1. The molecule has 0 saturated heterocycles. The van der Waals surface area contributed by atoms with Crippen LogP contribution in [0.3, 0.4) is 0 Å². The Morgan fingerprint density at radius 3 is 2.36 bits per heavy atom. The maximum atomic E-state index is 12.0. The summed E-state index contributed by atoms with van der Waals surface area (Å²) in [6, 6.07) is 13.5. The van der Waals surface area contributed by atoms with Gasteiger partial charge in [0.2, 0.25) is 0 Å². The van der Waals surface area contributed by atoms with Crippen molar-refractivity contribution in [3.8, 4) is 0 Å². The van der Waals surface area contributed by atoms with Gasteiger partial charge in [0.25, 0.3) is 5.91 Å². The van der Waals surface area contributed by atoms with Crippen molar-refractivity contribution in [1.29, 1.82) is 0 Å². The van der Waals surface area contributed by atoms with Gasteiger partial charge in [-0.25, -0.2) is 4.79 Å². The molecule has 2 aromatic carbocycles. The normalized spacial score (nSPS) is 10.1. The summed E-state index contributed by atoms with van der Waals surface area (Å²) < 4.78 is 5.00. The number of anilines is 1. The first-order valence-corrected chi connectivity index (χ1v) is 7.18. The maximum absolute atomic E-state index is 12.0. The summed E-state index contributed by atoms with van der Waals surface area (Å²) in [4.78, 5) is 25.3. The van der Waals surface area contributed by atoms with Crippen molar-refractivity contribution < 1.29 is 14.3 Å². The van der Waals surface area contributed by atoms with Gasteiger partial charge in [-0.1, -0.05) is 41.4 Å². The molecule has 0 aliphatic heterocycles. The molecule has 0 aromatic heterocycles. The van der Waals surface area contributed by atoms with E-state index in [1.807, 2.05) is 18.2 Å². The molecule has 114 valence electrons. The van der Waals surface area contributed by atoms with Crippen LogP contribution in [0.4, 0.5) is 5.69 Å². The number of carbonyl (C=O) groups is 2. The molecule has 0 fully saturated rings. The van der Waals surface area contributed by atoms with Crippen LogP contribution in [-0.2, 0) is 9.53 Å². The number of rotatable bonds is 4. The van der Waals surface area contributed by atoms with Gasteiger partial charge < -0.3 is 9.64 Å². The Kier molecular flexibility index (Phi) is 5.41. The number of hydrogen-bond donors (Lipinski definition) is 0. The zero-order valence-corrected chi connectivity index (χ0v) is 13.3. The van der Waals surface area contributed by atoms with Crippen molar-refractivity contribution >= 4 is 40.8 Å². The van der Waals surface area contributed by atoms with Gasteiger partial charge in [0, 0.05) is 12.7 Å². The quantitative estimate of drug-likeness (QED) is 0.797. The summed E-state index contributed by atoms with van der Waals surface area (Å²) in [5, 5.41) is 0.599. The minimum Gasteiger partial charge on any atom is -0.452 e. The lowest BCUT2D eigenvalue weighted by Crippen LogP contribution is -2.31. The average Bonchev–Trinajstić information content (AvgIpc) is 2.54. The molecular formula is C16H13Cl2NO3. The summed E-state index contributed by atoms with van der Waals surface area (Å²) >= 11 is 11.6. The molecule has 1 amide bonds. The number of nitrogens with zero attached hydrogens (tertiary/aromatic N) is 1. The summed E-state index contributed by atoms with van der Waals surface area (Å²) in [6.45, 7) is -0.357. The van der Waals surface area contributed by atoms with Gasteiger partial charge in [-0.05, 0) is 30.3 Å². The predicted octanol–water partition coefficient (Wildman–Crippen LogP) is 3.81. The van der Waals surface area contributed by atoms with Crippen molar-refractivity contribution in [2.75, 3.05) is 18.6 Å². The van der Waals surface area contributed by atoms with E-state index in [9.17, 15) is 9.59 Å².